The first-order valence-electron chi connectivity index (χ1n) is 6.91. The van der Waals surface area contributed by atoms with Crippen LogP contribution in [0, 0.1) is 12.8 Å². The van der Waals surface area contributed by atoms with Gasteiger partial charge in [-0.05, 0) is 43.7 Å². The molecule has 1 N–H and O–H groups in total. The minimum atomic E-state index is 0.671. The van der Waals surface area contributed by atoms with E-state index in [0.29, 0.717) is 5.92 Å². The van der Waals surface area contributed by atoms with E-state index in [1.165, 1.54) is 4.88 Å². The lowest BCUT2D eigenvalue weighted by molar-refractivity contribution is 0.415. The number of hydrogen-bond donors (Lipinski definition) is 1. The van der Waals surface area contributed by atoms with Crippen molar-refractivity contribution in [3.8, 4) is 16.3 Å². The van der Waals surface area contributed by atoms with E-state index in [1.807, 2.05) is 12.1 Å². The number of thiazole rings is 1. The van der Waals surface area contributed by atoms with Crippen LogP contribution in [0.15, 0.2) is 24.3 Å². The van der Waals surface area contributed by atoms with E-state index in [-0.39, 0.29) is 0 Å². The summed E-state index contributed by atoms with van der Waals surface area (Å²) in [5.41, 5.74) is 2.27. The number of aryl methyl sites for hydroxylation is 1. The van der Waals surface area contributed by atoms with E-state index in [0.717, 1.165) is 35.1 Å². The molecule has 0 bridgehead atoms. The maximum Gasteiger partial charge on any atom is 0.123 e. The van der Waals surface area contributed by atoms with E-state index in [9.17, 15) is 0 Å². The quantitative estimate of drug-likeness (QED) is 0.877. The Balaban J connectivity index is 2.09. The summed E-state index contributed by atoms with van der Waals surface area (Å²) in [6.45, 7) is 8.45. The number of nitrogens with zero attached hydrogens (tertiary/aromatic N) is 1. The Kier molecular flexibility index (Phi) is 5.15. The van der Waals surface area contributed by atoms with Gasteiger partial charge in [0.05, 0.1) is 12.8 Å². The molecule has 0 aliphatic carbocycles. The Hall–Kier alpha value is -1.39. The molecule has 20 heavy (non-hydrogen) atoms. The highest BCUT2D eigenvalue weighted by atomic mass is 32.1. The zero-order chi connectivity index (χ0) is 14.5. The summed E-state index contributed by atoms with van der Waals surface area (Å²) in [7, 11) is 1.68. The smallest absolute Gasteiger partial charge is 0.123 e. The number of aromatic nitrogens is 1. The zero-order valence-corrected chi connectivity index (χ0v) is 13.4. The molecule has 0 saturated heterocycles. The van der Waals surface area contributed by atoms with Crippen molar-refractivity contribution in [1.82, 2.24) is 10.3 Å². The highest BCUT2D eigenvalue weighted by Crippen LogP contribution is 2.29. The van der Waals surface area contributed by atoms with Gasteiger partial charge in [-0.25, -0.2) is 4.98 Å². The first kappa shape index (κ1) is 15.0. The van der Waals surface area contributed by atoms with E-state index in [2.05, 4.69) is 43.2 Å². The first-order valence-corrected chi connectivity index (χ1v) is 7.73. The van der Waals surface area contributed by atoms with Gasteiger partial charge in [0.2, 0.25) is 0 Å². The van der Waals surface area contributed by atoms with Gasteiger partial charge in [-0.15, -0.1) is 11.3 Å². The molecular formula is C16H22N2OS. The molecule has 0 fully saturated rings. The van der Waals surface area contributed by atoms with Crippen LogP contribution in [0.4, 0.5) is 0 Å². The van der Waals surface area contributed by atoms with Crippen molar-refractivity contribution < 1.29 is 4.74 Å². The second kappa shape index (κ2) is 6.86. The fraction of sp³-hybridized carbons (Fsp3) is 0.438. The fourth-order valence-corrected chi connectivity index (χ4v) is 2.96. The Labute approximate surface area is 125 Å². The summed E-state index contributed by atoms with van der Waals surface area (Å²) in [6.07, 6.45) is 0. The predicted molar refractivity (Wildman–Crippen MR) is 85.4 cm³/mol. The number of methoxy groups -OCH3 is 1. The molecule has 0 atom stereocenters. The van der Waals surface area contributed by atoms with E-state index in [4.69, 9.17) is 4.74 Å². The Bertz CT molecular complexity index is 546. The van der Waals surface area contributed by atoms with Crippen LogP contribution in [0.2, 0.25) is 0 Å². The van der Waals surface area contributed by atoms with E-state index < -0.39 is 0 Å². The molecule has 108 valence electrons. The molecule has 0 aliphatic rings. The van der Waals surface area contributed by atoms with Crippen molar-refractivity contribution in [3.63, 3.8) is 0 Å². The molecule has 4 heteroatoms. The van der Waals surface area contributed by atoms with Crippen LogP contribution in [0.1, 0.15) is 24.4 Å². The molecule has 1 aromatic heterocycles. The zero-order valence-electron chi connectivity index (χ0n) is 12.6. The van der Waals surface area contributed by atoms with Crippen molar-refractivity contribution in [1.29, 1.82) is 0 Å². The third-order valence-electron chi connectivity index (χ3n) is 3.07. The number of benzene rings is 1. The molecule has 1 heterocycles. The maximum absolute atomic E-state index is 5.18. The average molecular weight is 290 g/mol. The van der Waals surface area contributed by atoms with E-state index >= 15 is 0 Å². The molecule has 0 unspecified atom stereocenters. The molecule has 0 amide bonds. The highest BCUT2D eigenvalue weighted by molar-refractivity contribution is 7.15. The maximum atomic E-state index is 5.18. The van der Waals surface area contributed by atoms with Gasteiger partial charge in [0.25, 0.3) is 0 Å². The van der Waals surface area contributed by atoms with Crippen LogP contribution >= 0.6 is 11.3 Å². The molecule has 0 aliphatic heterocycles. The van der Waals surface area contributed by atoms with Crippen LogP contribution in [0.3, 0.4) is 0 Å². The van der Waals surface area contributed by atoms with Gasteiger partial charge in [-0.3, -0.25) is 0 Å². The van der Waals surface area contributed by atoms with Crippen LogP contribution < -0.4 is 10.1 Å². The summed E-state index contributed by atoms with van der Waals surface area (Å²) < 4.78 is 5.18. The lowest BCUT2D eigenvalue weighted by Gasteiger charge is -2.05. The Morgan fingerprint density at radius 2 is 1.95 bits per heavy atom. The average Bonchev–Trinajstić information content (AvgIpc) is 2.80. The monoisotopic (exact) mass is 290 g/mol. The number of rotatable bonds is 6. The van der Waals surface area contributed by atoms with Gasteiger partial charge in [-0.2, -0.15) is 0 Å². The molecular weight excluding hydrogens is 268 g/mol. The number of nitrogens with one attached hydrogen (secondary N) is 1. The van der Waals surface area contributed by atoms with Crippen molar-refractivity contribution >= 4 is 11.3 Å². The van der Waals surface area contributed by atoms with Crippen molar-refractivity contribution in [2.45, 2.75) is 27.3 Å². The van der Waals surface area contributed by atoms with Crippen LogP contribution in [-0.4, -0.2) is 18.6 Å². The summed E-state index contributed by atoms with van der Waals surface area (Å²) in [6, 6.07) is 8.07. The molecule has 3 nitrogen and oxygen atoms in total. The molecule has 2 aromatic rings. The minimum Gasteiger partial charge on any atom is -0.497 e. The lowest BCUT2D eigenvalue weighted by atomic mass is 10.2. The Morgan fingerprint density at radius 1 is 1.25 bits per heavy atom. The number of hydrogen-bond acceptors (Lipinski definition) is 4. The third-order valence-corrected chi connectivity index (χ3v) is 4.27. The molecule has 0 saturated carbocycles. The van der Waals surface area contributed by atoms with Crippen molar-refractivity contribution in [2.24, 2.45) is 5.92 Å². The summed E-state index contributed by atoms with van der Waals surface area (Å²) in [5.74, 6) is 1.55. The topological polar surface area (TPSA) is 34.1 Å². The first-order chi connectivity index (χ1) is 9.60. The summed E-state index contributed by atoms with van der Waals surface area (Å²) in [4.78, 5) is 5.99. The Morgan fingerprint density at radius 3 is 2.55 bits per heavy atom. The van der Waals surface area contributed by atoms with Gasteiger partial charge >= 0.3 is 0 Å². The molecule has 1 aromatic carbocycles. The third kappa shape index (κ3) is 3.81. The van der Waals surface area contributed by atoms with Crippen molar-refractivity contribution in [3.05, 3.63) is 34.8 Å². The summed E-state index contributed by atoms with van der Waals surface area (Å²) in [5, 5.41) is 4.55. The van der Waals surface area contributed by atoms with Crippen LogP contribution in [0.25, 0.3) is 10.6 Å². The minimum absolute atomic E-state index is 0.671. The summed E-state index contributed by atoms with van der Waals surface area (Å²) >= 11 is 1.76. The normalized spacial score (nSPS) is 11.1. The van der Waals surface area contributed by atoms with Crippen LogP contribution in [-0.2, 0) is 6.54 Å². The molecule has 0 radical (unpaired) electrons. The van der Waals surface area contributed by atoms with Gasteiger partial charge in [0.1, 0.15) is 10.8 Å². The largest absolute Gasteiger partial charge is 0.497 e. The van der Waals surface area contributed by atoms with Gasteiger partial charge < -0.3 is 10.1 Å². The standard InChI is InChI=1S/C16H22N2OS/c1-11(2)9-17-10-15-12(3)18-16(20-15)13-5-7-14(19-4)8-6-13/h5-8,11,17H,9-10H2,1-4H3. The van der Waals surface area contributed by atoms with Gasteiger partial charge in [0.15, 0.2) is 0 Å². The second-order valence-electron chi connectivity index (χ2n) is 5.28. The van der Waals surface area contributed by atoms with Crippen molar-refractivity contribution in [2.75, 3.05) is 13.7 Å². The predicted octanol–water partition coefficient (Wildman–Crippen LogP) is 3.87. The molecule has 2 rings (SSSR count). The second-order valence-corrected chi connectivity index (χ2v) is 6.36. The highest BCUT2D eigenvalue weighted by Gasteiger charge is 2.09. The fourth-order valence-electron chi connectivity index (χ4n) is 1.92. The van der Waals surface area contributed by atoms with Crippen LogP contribution in [0.5, 0.6) is 5.75 Å². The SMILES string of the molecule is COc1ccc(-c2nc(C)c(CNCC(C)C)s2)cc1. The molecule has 0 spiro atoms. The van der Waals surface area contributed by atoms with Gasteiger partial charge in [-0.1, -0.05) is 13.8 Å². The van der Waals surface area contributed by atoms with E-state index in [1.54, 1.807) is 18.4 Å². The lowest BCUT2D eigenvalue weighted by Crippen LogP contribution is -2.18. The van der Waals surface area contributed by atoms with Gasteiger partial charge in [0, 0.05) is 17.0 Å². The number of ether oxygens (including phenoxy) is 1.